The Morgan fingerprint density at radius 3 is 2.83 bits per heavy atom. The van der Waals surface area contributed by atoms with Gasteiger partial charge in [-0.25, -0.2) is 0 Å². The number of nitrogens with zero attached hydrogens (tertiary/aromatic N) is 1. The minimum absolute atomic E-state index is 0.602. The van der Waals surface area contributed by atoms with Gasteiger partial charge in [0.2, 0.25) is 0 Å². The quantitative estimate of drug-likeness (QED) is 0.208. The van der Waals surface area contributed by atoms with Crippen LogP contribution < -0.4 is 0 Å². The maximum absolute atomic E-state index is 4.93. The van der Waals surface area contributed by atoms with Gasteiger partial charge in [-0.1, -0.05) is 12.7 Å². The highest BCUT2D eigenvalue weighted by Crippen LogP contribution is 2.03. The first-order valence-electron chi connectivity index (χ1n) is 3.75. The molecule has 0 saturated carbocycles. The molecule has 0 unspecified atom stereocenters. The van der Waals surface area contributed by atoms with Gasteiger partial charge in [0.25, 0.3) is 0 Å². The molecule has 68 valence electrons. The average molecular weight is 185 g/mol. The molecule has 0 bridgehead atoms. The van der Waals surface area contributed by atoms with Gasteiger partial charge >= 0.3 is 0 Å². The van der Waals surface area contributed by atoms with Crippen molar-refractivity contribution in [2.75, 3.05) is 19.4 Å². The fraction of sp³-hybridized carbons (Fsp3) is 0.444. The largest absolute Gasteiger partial charge is 0.500 e. The number of ether oxygens (including phenoxy) is 1. The number of hydrogen-bond acceptors (Lipinski definition) is 3. The summed E-state index contributed by atoms with van der Waals surface area (Å²) < 4.78 is 4.93. The molecule has 0 aromatic carbocycles. The first-order valence-corrected chi connectivity index (χ1v) is 4.98. The molecule has 12 heavy (non-hydrogen) atoms. The van der Waals surface area contributed by atoms with Crippen LogP contribution in [0.15, 0.2) is 30.5 Å². The third-order valence-corrected chi connectivity index (χ3v) is 1.94. The van der Waals surface area contributed by atoms with E-state index in [4.69, 9.17) is 4.74 Å². The monoisotopic (exact) mass is 185 g/mol. The Morgan fingerprint density at radius 2 is 2.33 bits per heavy atom. The lowest BCUT2D eigenvalue weighted by atomic mass is 10.4. The molecule has 0 rings (SSSR count). The molecular formula is C9H15NOS. The summed E-state index contributed by atoms with van der Waals surface area (Å²) in [5.74, 6) is 0. The summed E-state index contributed by atoms with van der Waals surface area (Å²) in [6.45, 7) is 8.39. The van der Waals surface area contributed by atoms with Crippen LogP contribution in [0.1, 0.15) is 6.42 Å². The van der Waals surface area contributed by atoms with Gasteiger partial charge in [0, 0.05) is 6.42 Å². The van der Waals surface area contributed by atoms with Crippen LogP contribution in [0.4, 0.5) is 0 Å². The molecule has 0 saturated heterocycles. The van der Waals surface area contributed by atoms with Gasteiger partial charge in [-0.2, -0.15) is 0 Å². The zero-order valence-corrected chi connectivity index (χ0v) is 8.27. The Balaban J connectivity index is 3.61. The van der Waals surface area contributed by atoms with Crippen LogP contribution in [0.2, 0.25) is 0 Å². The first-order chi connectivity index (χ1) is 5.85. The van der Waals surface area contributed by atoms with Crippen molar-refractivity contribution in [3.63, 3.8) is 0 Å². The van der Waals surface area contributed by atoms with E-state index in [1.807, 2.05) is 12.3 Å². The molecule has 0 N–H and O–H groups in total. The van der Waals surface area contributed by atoms with Gasteiger partial charge in [-0.3, -0.25) is 4.99 Å². The van der Waals surface area contributed by atoms with E-state index < -0.39 is 0 Å². The molecule has 0 aliphatic heterocycles. The molecule has 0 aliphatic carbocycles. The first kappa shape index (κ1) is 11.3. The van der Waals surface area contributed by atoms with Crippen molar-refractivity contribution in [2.45, 2.75) is 6.42 Å². The number of rotatable bonds is 6. The summed E-state index contributed by atoms with van der Waals surface area (Å²) >= 11 is 1.65. The molecular weight excluding hydrogens is 170 g/mol. The van der Waals surface area contributed by atoms with Crippen LogP contribution in [-0.4, -0.2) is 24.5 Å². The van der Waals surface area contributed by atoms with Crippen LogP contribution in [0.25, 0.3) is 0 Å². The topological polar surface area (TPSA) is 21.6 Å². The van der Waals surface area contributed by atoms with Crippen molar-refractivity contribution in [3.05, 3.63) is 25.5 Å². The van der Waals surface area contributed by atoms with Crippen LogP contribution in [0.3, 0.4) is 0 Å². The van der Waals surface area contributed by atoms with Crippen LogP contribution in [0, 0.1) is 0 Å². The van der Waals surface area contributed by atoms with Gasteiger partial charge in [0.05, 0.1) is 17.9 Å². The van der Waals surface area contributed by atoms with Crippen molar-refractivity contribution in [3.8, 4) is 0 Å². The Kier molecular flexibility index (Phi) is 7.91. The van der Waals surface area contributed by atoms with E-state index in [0.29, 0.717) is 13.2 Å². The van der Waals surface area contributed by atoms with E-state index in [1.165, 1.54) is 6.26 Å². The molecule has 0 heterocycles. The molecule has 0 aromatic rings. The van der Waals surface area contributed by atoms with Crippen molar-refractivity contribution < 1.29 is 4.74 Å². The van der Waals surface area contributed by atoms with Gasteiger partial charge in [0.15, 0.2) is 0 Å². The van der Waals surface area contributed by atoms with Gasteiger partial charge in [-0.15, -0.1) is 18.3 Å². The van der Waals surface area contributed by atoms with Crippen LogP contribution in [-0.2, 0) is 4.74 Å². The van der Waals surface area contributed by atoms with E-state index in [2.05, 4.69) is 18.2 Å². The third kappa shape index (κ3) is 6.04. The van der Waals surface area contributed by atoms with Crippen LogP contribution in [0.5, 0.6) is 0 Å². The highest BCUT2D eigenvalue weighted by molar-refractivity contribution is 8.13. The molecule has 3 heteroatoms. The second-order valence-electron chi connectivity index (χ2n) is 2.01. The maximum Gasteiger partial charge on any atom is 0.107 e. The zero-order chi connectivity index (χ0) is 9.23. The van der Waals surface area contributed by atoms with E-state index >= 15 is 0 Å². The van der Waals surface area contributed by atoms with Gasteiger partial charge in [-0.05, 0) is 6.26 Å². The fourth-order valence-corrected chi connectivity index (χ4v) is 1.15. The molecule has 2 nitrogen and oxygen atoms in total. The fourth-order valence-electron chi connectivity index (χ4n) is 0.642. The predicted octanol–water partition coefficient (Wildman–Crippen LogP) is 2.48. The van der Waals surface area contributed by atoms with Gasteiger partial charge in [0.1, 0.15) is 6.61 Å². The summed E-state index contributed by atoms with van der Waals surface area (Å²) in [5, 5.41) is 1.10. The summed E-state index contributed by atoms with van der Waals surface area (Å²) in [7, 11) is 0. The lowest BCUT2D eigenvalue weighted by Gasteiger charge is -1.99. The van der Waals surface area contributed by atoms with E-state index in [-0.39, 0.29) is 0 Å². The average Bonchev–Trinajstić information content (AvgIpc) is 2.10. The lowest BCUT2D eigenvalue weighted by Crippen LogP contribution is -1.96. The smallest absolute Gasteiger partial charge is 0.107 e. The molecule has 0 fully saturated rings. The van der Waals surface area contributed by atoms with E-state index in [0.717, 1.165) is 11.5 Å². The SMILES string of the molecule is C=CCC(=NCCOC=C)SC. The molecule has 0 aliphatic rings. The minimum Gasteiger partial charge on any atom is -0.500 e. The summed E-state index contributed by atoms with van der Waals surface area (Å²) in [6, 6.07) is 0. The van der Waals surface area contributed by atoms with Crippen molar-refractivity contribution in [2.24, 2.45) is 4.99 Å². The number of hydrogen-bond donors (Lipinski definition) is 0. The molecule has 0 spiro atoms. The summed E-state index contributed by atoms with van der Waals surface area (Å²) in [5.41, 5.74) is 0. The van der Waals surface area contributed by atoms with Gasteiger partial charge < -0.3 is 4.74 Å². The zero-order valence-electron chi connectivity index (χ0n) is 7.45. The molecule has 0 radical (unpaired) electrons. The lowest BCUT2D eigenvalue weighted by molar-refractivity contribution is 0.261. The predicted molar refractivity (Wildman–Crippen MR) is 56.8 cm³/mol. The minimum atomic E-state index is 0.602. The molecule has 0 aromatic heterocycles. The molecule has 0 atom stereocenters. The Morgan fingerprint density at radius 1 is 1.58 bits per heavy atom. The second-order valence-corrected chi connectivity index (χ2v) is 2.89. The molecule has 0 amide bonds. The van der Waals surface area contributed by atoms with E-state index in [9.17, 15) is 0 Å². The Labute approximate surface area is 78.4 Å². The highest BCUT2D eigenvalue weighted by Gasteiger charge is 1.91. The highest BCUT2D eigenvalue weighted by atomic mass is 32.2. The van der Waals surface area contributed by atoms with Crippen LogP contribution >= 0.6 is 11.8 Å². The number of thioether (sulfide) groups is 1. The standard InChI is InChI=1S/C9H15NOS/c1-4-6-9(12-3)10-7-8-11-5-2/h4-5H,1-2,6-8H2,3H3. The maximum atomic E-state index is 4.93. The van der Waals surface area contributed by atoms with Crippen molar-refractivity contribution in [1.29, 1.82) is 0 Å². The Bertz CT molecular complexity index is 166. The normalized spacial score (nSPS) is 10.9. The number of aliphatic imine (C=N–C) groups is 1. The summed E-state index contributed by atoms with van der Waals surface area (Å²) in [4.78, 5) is 4.31. The third-order valence-electron chi connectivity index (χ3n) is 1.17. The Hall–Kier alpha value is -0.700. The van der Waals surface area contributed by atoms with Crippen molar-refractivity contribution >= 4 is 16.8 Å². The number of allylic oxidation sites excluding steroid dienone is 1. The summed E-state index contributed by atoms with van der Waals surface area (Å²) in [6.07, 6.45) is 6.14. The van der Waals surface area contributed by atoms with Crippen molar-refractivity contribution in [1.82, 2.24) is 0 Å². The van der Waals surface area contributed by atoms with E-state index in [1.54, 1.807) is 11.8 Å². The second kappa shape index (κ2) is 8.40.